The predicted octanol–water partition coefficient (Wildman–Crippen LogP) is 9.13. The van der Waals surface area contributed by atoms with Crippen molar-refractivity contribution in [1.29, 1.82) is 0 Å². The van der Waals surface area contributed by atoms with Crippen LogP contribution in [0.15, 0.2) is 0 Å². The van der Waals surface area contributed by atoms with Gasteiger partial charge in [0.15, 0.2) is 0 Å². The minimum absolute atomic E-state index is 0.113. The second-order valence-corrected chi connectivity index (χ2v) is 18.0. The van der Waals surface area contributed by atoms with Gasteiger partial charge in [-0.15, -0.1) is 0 Å². The summed E-state index contributed by atoms with van der Waals surface area (Å²) in [6, 6.07) is 0. The molecular weight excluding hydrogens is 440 g/mol. The molecule has 2 heteroatoms. The zero-order valence-electron chi connectivity index (χ0n) is 26.4. The van der Waals surface area contributed by atoms with E-state index in [4.69, 9.17) is 0 Å². The minimum atomic E-state index is -0.209. The van der Waals surface area contributed by atoms with Gasteiger partial charge in [-0.2, -0.15) is 0 Å². The number of hydrogen-bond acceptors (Lipinski definition) is 2. The van der Waals surface area contributed by atoms with Gasteiger partial charge in [0.1, 0.15) is 0 Å². The SMILES string of the molecule is CC(C)(C)C1CC(C2(C3CC(C(C)(C)C)C(O)C(C(C)(C)C)C3)CCCCC2)CC(C(C)(C)C)C1O. The van der Waals surface area contributed by atoms with Crippen molar-refractivity contribution in [3.63, 3.8) is 0 Å². The standard InChI is InChI=1S/C34H64O2/c1-30(2,3)24-18-22(19-25(28(24)35)31(4,5)6)34(16-14-13-15-17-34)23-20-26(32(7,8)9)29(36)27(21-23)33(10,11)12/h22-29,35-36H,13-21H2,1-12H3. The van der Waals surface area contributed by atoms with Crippen LogP contribution in [0.25, 0.3) is 0 Å². The maximum Gasteiger partial charge on any atom is 0.0606 e. The summed E-state index contributed by atoms with van der Waals surface area (Å²) in [5, 5.41) is 23.4. The van der Waals surface area contributed by atoms with E-state index in [0.29, 0.717) is 40.9 Å². The summed E-state index contributed by atoms with van der Waals surface area (Å²) in [5.74, 6) is 2.76. The van der Waals surface area contributed by atoms with Crippen molar-refractivity contribution in [3.05, 3.63) is 0 Å². The third kappa shape index (κ3) is 6.05. The number of hydrogen-bond donors (Lipinski definition) is 2. The van der Waals surface area contributed by atoms with Crippen molar-refractivity contribution in [2.24, 2.45) is 62.6 Å². The molecule has 0 aliphatic heterocycles. The molecule has 0 amide bonds. The van der Waals surface area contributed by atoms with Crippen molar-refractivity contribution in [3.8, 4) is 0 Å². The lowest BCUT2D eigenvalue weighted by Crippen LogP contribution is -2.56. The topological polar surface area (TPSA) is 40.5 Å². The number of aliphatic hydroxyl groups is 2. The van der Waals surface area contributed by atoms with Gasteiger partial charge in [-0.05, 0) is 101 Å². The molecule has 3 aliphatic rings. The highest BCUT2D eigenvalue weighted by Crippen LogP contribution is 2.63. The first-order valence-corrected chi connectivity index (χ1v) is 15.6. The molecule has 4 unspecified atom stereocenters. The highest BCUT2D eigenvalue weighted by atomic mass is 16.3. The van der Waals surface area contributed by atoms with Gasteiger partial charge in [0.2, 0.25) is 0 Å². The van der Waals surface area contributed by atoms with Crippen molar-refractivity contribution in [2.75, 3.05) is 0 Å². The molecule has 36 heavy (non-hydrogen) atoms. The van der Waals surface area contributed by atoms with E-state index in [0.717, 1.165) is 0 Å². The van der Waals surface area contributed by atoms with E-state index in [1.165, 1.54) is 57.8 Å². The molecule has 0 aromatic carbocycles. The zero-order valence-corrected chi connectivity index (χ0v) is 26.4. The van der Waals surface area contributed by atoms with Gasteiger partial charge in [-0.3, -0.25) is 0 Å². The minimum Gasteiger partial charge on any atom is -0.393 e. The molecule has 2 N–H and O–H groups in total. The van der Waals surface area contributed by atoms with Crippen molar-refractivity contribution in [2.45, 2.75) is 153 Å². The van der Waals surface area contributed by atoms with E-state index < -0.39 is 0 Å². The molecule has 3 rings (SSSR count). The molecule has 3 aliphatic carbocycles. The van der Waals surface area contributed by atoms with Gasteiger partial charge >= 0.3 is 0 Å². The van der Waals surface area contributed by atoms with E-state index in [-0.39, 0.29) is 33.9 Å². The van der Waals surface area contributed by atoms with E-state index >= 15 is 0 Å². The van der Waals surface area contributed by atoms with Crippen LogP contribution in [0.2, 0.25) is 0 Å². The fourth-order valence-electron chi connectivity index (χ4n) is 9.30. The Morgan fingerprint density at radius 2 is 0.694 bits per heavy atom. The fourth-order valence-corrected chi connectivity index (χ4v) is 9.30. The molecule has 0 bridgehead atoms. The summed E-state index contributed by atoms with van der Waals surface area (Å²) >= 11 is 0. The third-order valence-corrected chi connectivity index (χ3v) is 11.7. The molecule has 0 radical (unpaired) electrons. The number of aliphatic hydroxyl groups excluding tert-OH is 2. The Bertz CT molecular complexity index is 614. The third-order valence-electron chi connectivity index (χ3n) is 11.7. The molecule has 0 aromatic rings. The quantitative estimate of drug-likeness (QED) is 0.393. The summed E-state index contributed by atoms with van der Waals surface area (Å²) < 4.78 is 0. The van der Waals surface area contributed by atoms with Crippen molar-refractivity contribution >= 4 is 0 Å². The average Bonchev–Trinajstić information content (AvgIpc) is 2.71. The van der Waals surface area contributed by atoms with Crippen LogP contribution in [0.4, 0.5) is 0 Å². The number of rotatable bonds is 2. The van der Waals surface area contributed by atoms with Crippen molar-refractivity contribution in [1.82, 2.24) is 0 Å². The van der Waals surface area contributed by atoms with E-state index in [1.54, 1.807) is 0 Å². The molecule has 212 valence electrons. The lowest BCUT2D eigenvalue weighted by atomic mass is 9.45. The summed E-state index contributed by atoms with van der Waals surface area (Å²) in [7, 11) is 0. The molecule has 0 aromatic heterocycles. The summed E-state index contributed by atoms with van der Waals surface area (Å²) in [4.78, 5) is 0. The highest BCUT2D eigenvalue weighted by molar-refractivity contribution is 5.07. The monoisotopic (exact) mass is 504 g/mol. The Morgan fingerprint density at radius 3 is 0.917 bits per heavy atom. The second kappa shape index (κ2) is 10.1. The molecule has 3 fully saturated rings. The van der Waals surface area contributed by atoms with Gasteiger partial charge in [-0.1, -0.05) is 102 Å². The summed E-state index contributed by atoms with van der Waals surface area (Å²) in [6.07, 6.45) is 11.1. The van der Waals surface area contributed by atoms with Crippen LogP contribution in [0.3, 0.4) is 0 Å². The van der Waals surface area contributed by atoms with Gasteiger partial charge in [0.05, 0.1) is 12.2 Å². The van der Waals surface area contributed by atoms with Crippen LogP contribution in [-0.2, 0) is 0 Å². The first-order valence-electron chi connectivity index (χ1n) is 15.6. The summed E-state index contributed by atoms with van der Waals surface area (Å²) in [6.45, 7) is 28.3. The first kappa shape index (κ1) is 30.5. The smallest absolute Gasteiger partial charge is 0.0606 e. The first-order chi connectivity index (χ1) is 16.2. The van der Waals surface area contributed by atoms with Crippen LogP contribution in [0.1, 0.15) is 141 Å². The van der Waals surface area contributed by atoms with E-state index in [2.05, 4.69) is 83.1 Å². The fraction of sp³-hybridized carbons (Fsp3) is 1.00. The molecule has 3 saturated carbocycles. The Labute approximate surface area is 225 Å². The van der Waals surface area contributed by atoms with Gasteiger partial charge < -0.3 is 10.2 Å². The molecule has 0 spiro atoms. The van der Waals surface area contributed by atoms with Crippen LogP contribution in [-0.4, -0.2) is 22.4 Å². The average molecular weight is 505 g/mol. The molecule has 0 saturated heterocycles. The Kier molecular flexibility index (Phi) is 8.59. The molecular formula is C34H64O2. The van der Waals surface area contributed by atoms with Crippen LogP contribution < -0.4 is 0 Å². The largest absolute Gasteiger partial charge is 0.393 e. The Balaban J connectivity index is 2.09. The lowest BCUT2D eigenvalue weighted by Gasteiger charge is -2.60. The molecule has 4 atom stereocenters. The van der Waals surface area contributed by atoms with E-state index in [1.807, 2.05) is 0 Å². The molecule has 0 heterocycles. The van der Waals surface area contributed by atoms with Crippen molar-refractivity contribution < 1.29 is 10.2 Å². The van der Waals surface area contributed by atoms with Gasteiger partial charge in [0, 0.05) is 0 Å². The predicted molar refractivity (Wildman–Crippen MR) is 155 cm³/mol. The highest BCUT2D eigenvalue weighted by Gasteiger charge is 2.57. The van der Waals surface area contributed by atoms with Crippen LogP contribution in [0.5, 0.6) is 0 Å². The normalized spacial score (nSPS) is 39.2. The maximum atomic E-state index is 11.7. The Hall–Kier alpha value is -0.0800. The Morgan fingerprint density at radius 1 is 0.444 bits per heavy atom. The van der Waals surface area contributed by atoms with E-state index in [9.17, 15) is 10.2 Å². The molecule has 2 nitrogen and oxygen atoms in total. The van der Waals surface area contributed by atoms with Gasteiger partial charge in [-0.25, -0.2) is 0 Å². The van der Waals surface area contributed by atoms with Crippen LogP contribution >= 0.6 is 0 Å². The maximum absolute atomic E-state index is 11.7. The van der Waals surface area contributed by atoms with Gasteiger partial charge in [0.25, 0.3) is 0 Å². The summed E-state index contributed by atoms with van der Waals surface area (Å²) in [5.41, 5.74) is 0.812. The zero-order chi connectivity index (χ0) is 27.5. The second-order valence-electron chi connectivity index (χ2n) is 18.0. The lowest BCUT2D eigenvalue weighted by molar-refractivity contribution is -0.153. The van der Waals surface area contributed by atoms with Crippen LogP contribution in [0, 0.1) is 62.6 Å².